The Morgan fingerprint density at radius 1 is 0.560 bits per heavy atom. The number of nitrogens with one attached hydrogen (secondary N) is 2. The van der Waals surface area contributed by atoms with Crippen LogP contribution in [-0.2, 0) is 35.3 Å². The Bertz CT molecular complexity index is 2500. The number of carbonyl (C=O) groups is 4. The van der Waals surface area contributed by atoms with Gasteiger partial charge >= 0.3 is 0 Å². The highest BCUT2D eigenvalue weighted by molar-refractivity contribution is 8.01. The van der Waals surface area contributed by atoms with Crippen molar-refractivity contribution in [3.63, 3.8) is 0 Å². The molecule has 4 aromatic rings. The molecule has 2 amide bonds. The number of rotatable bonds is 12. The quantitative estimate of drug-likeness (QED) is 0.102. The van der Waals surface area contributed by atoms with Crippen LogP contribution >= 0.6 is 69.7 Å². The number of amides is 2. The third-order valence-electron chi connectivity index (χ3n) is 16.2. The Hall–Kier alpha value is -2.84. The Balaban J connectivity index is 0.000000197. The van der Waals surface area contributed by atoms with Gasteiger partial charge in [-0.15, -0.1) is 46.2 Å². The molecule has 0 unspecified atom stereocenters. The summed E-state index contributed by atoms with van der Waals surface area (Å²) in [5.41, 5.74) is 7.99. The van der Waals surface area contributed by atoms with E-state index in [0.29, 0.717) is 21.8 Å². The molecule has 0 aromatic carbocycles. The molecular formula is C57H80N8O4S6. The lowest BCUT2D eigenvalue weighted by molar-refractivity contribution is -0.124. The molecule has 8 heterocycles. The lowest BCUT2D eigenvalue weighted by atomic mass is 9.79. The maximum atomic E-state index is 13.8. The fourth-order valence-corrected chi connectivity index (χ4v) is 17.5. The monoisotopic (exact) mass is 1130 g/mol. The summed E-state index contributed by atoms with van der Waals surface area (Å²) in [7, 11) is 0. The number of fused-ring (bicyclic) bond motifs is 6. The fourth-order valence-electron chi connectivity index (χ4n) is 11.5. The Kier molecular flexibility index (Phi) is 19.8. The Morgan fingerprint density at radius 2 is 0.907 bits per heavy atom. The second-order valence-electron chi connectivity index (χ2n) is 23.0. The average Bonchev–Trinajstić information content (AvgIpc) is 4.01. The molecule has 0 bridgehead atoms. The van der Waals surface area contributed by atoms with E-state index in [0.717, 1.165) is 190 Å². The van der Waals surface area contributed by atoms with E-state index in [1.165, 1.54) is 49.2 Å². The van der Waals surface area contributed by atoms with Gasteiger partial charge in [-0.3, -0.25) is 19.2 Å². The normalized spacial score (nSPS) is 18.7. The fraction of sp³-hybridized carbons (Fsp3) is 0.649. The maximum Gasteiger partial charge on any atom is 0.264 e. The largest absolute Gasteiger partial charge is 0.338 e. The van der Waals surface area contributed by atoms with Crippen LogP contribution in [-0.4, -0.2) is 129 Å². The highest BCUT2D eigenvalue weighted by Gasteiger charge is 2.37. The van der Waals surface area contributed by atoms with Gasteiger partial charge < -0.3 is 20.4 Å². The molecule has 4 saturated heterocycles. The second-order valence-corrected chi connectivity index (χ2v) is 29.0. The molecule has 4 aliphatic heterocycles. The summed E-state index contributed by atoms with van der Waals surface area (Å²) >= 11 is 9.50. The third kappa shape index (κ3) is 13.4. The third-order valence-corrected chi connectivity index (χ3v) is 22.7. The molecule has 0 saturated carbocycles. The maximum absolute atomic E-state index is 13.8. The molecular weight excluding hydrogens is 1050 g/mol. The number of ketones is 2. The van der Waals surface area contributed by atoms with Gasteiger partial charge in [0.25, 0.3) is 11.8 Å². The number of carbonyl (C=O) groups excluding carboxylic acids is 4. The van der Waals surface area contributed by atoms with Gasteiger partial charge in [0.2, 0.25) is 0 Å². The lowest BCUT2D eigenvalue weighted by Gasteiger charge is -2.37. The Labute approximate surface area is 471 Å². The van der Waals surface area contributed by atoms with Crippen LogP contribution in [0.2, 0.25) is 0 Å². The lowest BCUT2D eigenvalue weighted by Crippen LogP contribution is -2.42. The van der Waals surface area contributed by atoms with Crippen molar-refractivity contribution in [2.75, 3.05) is 76.4 Å². The summed E-state index contributed by atoms with van der Waals surface area (Å²) in [6, 6.07) is 0. The second kappa shape index (κ2) is 25.5. The standard InChI is InChI=1S/2C28H38N4O2S3.CH4/c2*1-28(2,3)21(33)16-36-27-30-15-19-5-6-20-22(23(19)31-27)26(35-4)37-24(20)25(34)32-13-9-18(10-14-32)17-7-11-29-12-8-17;/h2*15,17-18,29H,5-14,16H2,1-4H3;1H4. The zero-order chi connectivity index (χ0) is 52.3. The van der Waals surface area contributed by atoms with E-state index in [1.54, 1.807) is 46.2 Å². The smallest absolute Gasteiger partial charge is 0.264 e. The number of aromatic nitrogens is 4. The van der Waals surface area contributed by atoms with Gasteiger partial charge in [-0.05, 0) is 162 Å². The molecule has 4 fully saturated rings. The summed E-state index contributed by atoms with van der Waals surface area (Å²) in [5.74, 6) is 4.67. The first-order valence-corrected chi connectivity index (χ1v) is 33.0. The molecule has 0 atom stereocenters. The van der Waals surface area contributed by atoms with Crippen LogP contribution in [0.4, 0.5) is 0 Å². The van der Waals surface area contributed by atoms with E-state index in [-0.39, 0.29) is 41.6 Å². The molecule has 2 aliphatic carbocycles. The molecule has 10 rings (SSSR count). The molecule has 0 spiro atoms. The van der Waals surface area contributed by atoms with Crippen molar-refractivity contribution in [1.82, 2.24) is 40.4 Å². The average molecular weight is 1130 g/mol. The summed E-state index contributed by atoms with van der Waals surface area (Å²) < 4.78 is 2.31. The van der Waals surface area contributed by atoms with E-state index < -0.39 is 0 Å². The van der Waals surface area contributed by atoms with Crippen molar-refractivity contribution >= 4 is 93.1 Å². The van der Waals surface area contributed by atoms with Crippen LogP contribution in [0.15, 0.2) is 31.1 Å². The van der Waals surface area contributed by atoms with E-state index >= 15 is 0 Å². The number of aryl methyl sites for hydroxylation is 2. The number of hydrogen-bond donors (Lipinski definition) is 2. The zero-order valence-corrected chi connectivity index (χ0v) is 49.7. The van der Waals surface area contributed by atoms with E-state index in [2.05, 4.69) is 42.9 Å². The van der Waals surface area contributed by atoms with Gasteiger partial charge in [0.05, 0.1) is 41.1 Å². The summed E-state index contributed by atoms with van der Waals surface area (Å²) in [5, 5.41) is 8.22. The Morgan fingerprint density at radius 3 is 1.24 bits per heavy atom. The van der Waals surface area contributed by atoms with Gasteiger partial charge in [0.15, 0.2) is 10.3 Å². The van der Waals surface area contributed by atoms with Crippen molar-refractivity contribution in [3.05, 3.63) is 44.4 Å². The number of Topliss-reactive ketones (excluding diaryl/α,β-unsaturated/α-hetero) is 2. The first kappa shape index (κ1) is 58.3. The number of likely N-dealkylation sites (tertiary alicyclic amines) is 2. The predicted molar refractivity (Wildman–Crippen MR) is 315 cm³/mol. The van der Waals surface area contributed by atoms with E-state index in [4.69, 9.17) is 9.97 Å². The van der Waals surface area contributed by atoms with E-state index in [1.807, 2.05) is 53.9 Å². The molecule has 408 valence electrons. The van der Waals surface area contributed by atoms with Crippen molar-refractivity contribution in [2.24, 2.45) is 34.5 Å². The molecule has 12 nitrogen and oxygen atoms in total. The number of hydrogen-bond acceptors (Lipinski definition) is 16. The number of nitrogens with zero attached hydrogens (tertiary/aromatic N) is 6. The minimum Gasteiger partial charge on any atom is -0.338 e. The molecule has 6 aliphatic rings. The van der Waals surface area contributed by atoms with Crippen LogP contribution < -0.4 is 10.6 Å². The van der Waals surface area contributed by atoms with Crippen LogP contribution in [0.5, 0.6) is 0 Å². The summed E-state index contributed by atoms with van der Waals surface area (Å²) in [6.45, 7) is 19.7. The highest BCUT2D eigenvalue weighted by atomic mass is 32.2. The SMILES string of the molecule is C.CSc1sc(C(=O)N2CCC(C3CCNCC3)CC2)c2c1-c1nc(SCC(=O)C(C)(C)C)ncc1CC2.CSc1sc(C(=O)N2CCC(C3CCNCC3)CC2)c2c1-c1nc(SCC(=O)C(C)(C)C)ncc1CC2. The van der Waals surface area contributed by atoms with E-state index in [9.17, 15) is 19.2 Å². The molecule has 4 aromatic heterocycles. The summed E-state index contributed by atoms with van der Waals surface area (Å²) in [6.07, 6.45) is 21.0. The van der Waals surface area contributed by atoms with Crippen molar-refractivity contribution in [1.29, 1.82) is 0 Å². The van der Waals surface area contributed by atoms with Crippen molar-refractivity contribution in [2.45, 2.75) is 145 Å². The van der Waals surface area contributed by atoms with Gasteiger partial charge in [-0.2, -0.15) is 0 Å². The first-order valence-electron chi connectivity index (χ1n) is 27.0. The van der Waals surface area contributed by atoms with Crippen molar-refractivity contribution in [3.8, 4) is 22.5 Å². The number of thiophene rings is 2. The number of piperidine rings is 4. The van der Waals surface area contributed by atoms with Crippen LogP contribution in [0.3, 0.4) is 0 Å². The minimum absolute atomic E-state index is 0. The minimum atomic E-state index is -0.370. The highest BCUT2D eigenvalue weighted by Crippen LogP contribution is 2.48. The van der Waals surface area contributed by atoms with Crippen LogP contribution in [0, 0.1) is 34.5 Å². The molecule has 0 radical (unpaired) electrons. The number of thioether (sulfide) groups is 4. The topological polar surface area (TPSA) is 150 Å². The van der Waals surface area contributed by atoms with Crippen LogP contribution in [0.1, 0.15) is 142 Å². The van der Waals surface area contributed by atoms with Gasteiger partial charge in [-0.25, -0.2) is 19.9 Å². The van der Waals surface area contributed by atoms with Gasteiger partial charge in [-0.1, -0.05) is 72.5 Å². The van der Waals surface area contributed by atoms with Gasteiger partial charge in [0.1, 0.15) is 11.6 Å². The zero-order valence-electron chi connectivity index (χ0n) is 44.8. The molecule has 18 heteroatoms. The molecule has 2 N–H and O–H groups in total. The van der Waals surface area contributed by atoms with Gasteiger partial charge in [0, 0.05) is 60.5 Å². The molecule has 75 heavy (non-hydrogen) atoms. The van der Waals surface area contributed by atoms with Crippen LogP contribution in [0.25, 0.3) is 22.5 Å². The first-order chi connectivity index (χ1) is 35.5. The van der Waals surface area contributed by atoms with Crippen molar-refractivity contribution < 1.29 is 19.2 Å². The predicted octanol–water partition coefficient (Wildman–Crippen LogP) is 11.8. The summed E-state index contributed by atoms with van der Waals surface area (Å²) in [4.78, 5) is 77.4.